The Labute approximate surface area is 93.6 Å². The Morgan fingerprint density at radius 2 is 2.07 bits per heavy atom. The fourth-order valence-corrected chi connectivity index (χ4v) is 2.81. The van der Waals surface area contributed by atoms with Gasteiger partial charge in [-0.3, -0.25) is 0 Å². The molecule has 1 atom stereocenters. The summed E-state index contributed by atoms with van der Waals surface area (Å²) in [6, 6.07) is 0.510. The van der Waals surface area contributed by atoms with Gasteiger partial charge in [0.2, 0.25) is 0 Å². The molecule has 4 heteroatoms. The number of hydrogen-bond donors (Lipinski definition) is 1. The Hall–Kier alpha value is -0.0900. The predicted molar refractivity (Wildman–Crippen MR) is 63.8 cm³/mol. The van der Waals surface area contributed by atoms with E-state index in [4.69, 9.17) is 0 Å². The summed E-state index contributed by atoms with van der Waals surface area (Å²) < 4.78 is 21.9. The van der Waals surface area contributed by atoms with E-state index in [0.717, 1.165) is 6.42 Å². The average molecular weight is 233 g/mol. The second-order valence-corrected chi connectivity index (χ2v) is 7.80. The third-order valence-corrected chi connectivity index (χ3v) is 4.06. The van der Waals surface area contributed by atoms with Gasteiger partial charge in [-0.1, -0.05) is 20.3 Å². The summed E-state index contributed by atoms with van der Waals surface area (Å²) >= 11 is 0. The van der Waals surface area contributed by atoms with Gasteiger partial charge < -0.3 is 5.32 Å². The van der Waals surface area contributed by atoms with Crippen LogP contribution < -0.4 is 5.32 Å². The fourth-order valence-electron chi connectivity index (χ4n) is 2.32. The SMILES string of the molecule is CC1(C)CCCC(NCCS(C)(=O)=O)C1. The van der Waals surface area contributed by atoms with Crippen molar-refractivity contribution in [2.75, 3.05) is 18.6 Å². The predicted octanol–water partition coefficient (Wildman–Crippen LogP) is 1.59. The van der Waals surface area contributed by atoms with Gasteiger partial charge in [0.05, 0.1) is 5.75 Å². The maximum atomic E-state index is 11.0. The highest BCUT2D eigenvalue weighted by Crippen LogP contribution is 2.34. The van der Waals surface area contributed by atoms with Crippen LogP contribution in [0.3, 0.4) is 0 Å². The van der Waals surface area contributed by atoms with Crippen molar-refractivity contribution in [3.8, 4) is 0 Å². The molecule has 0 aromatic rings. The van der Waals surface area contributed by atoms with Crippen molar-refractivity contribution in [1.29, 1.82) is 0 Å². The van der Waals surface area contributed by atoms with Crippen LogP contribution in [0.1, 0.15) is 39.5 Å². The number of nitrogens with one attached hydrogen (secondary N) is 1. The molecule has 15 heavy (non-hydrogen) atoms. The van der Waals surface area contributed by atoms with Crippen LogP contribution in [-0.4, -0.2) is 33.0 Å². The lowest BCUT2D eigenvalue weighted by molar-refractivity contribution is 0.200. The minimum Gasteiger partial charge on any atom is -0.313 e. The fraction of sp³-hybridized carbons (Fsp3) is 1.00. The molecular weight excluding hydrogens is 210 g/mol. The van der Waals surface area contributed by atoms with Gasteiger partial charge in [-0.2, -0.15) is 0 Å². The van der Waals surface area contributed by atoms with Crippen LogP contribution in [0, 0.1) is 5.41 Å². The average Bonchev–Trinajstić information content (AvgIpc) is 1.99. The lowest BCUT2D eigenvalue weighted by Gasteiger charge is -2.35. The first kappa shape index (κ1) is 13.0. The molecule has 1 aliphatic carbocycles. The Morgan fingerprint density at radius 3 is 2.60 bits per heavy atom. The summed E-state index contributed by atoms with van der Waals surface area (Å²) in [6.07, 6.45) is 6.18. The third-order valence-electron chi connectivity index (χ3n) is 3.11. The standard InChI is InChI=1S/C11H23NO2S/c1-11(2)6-4-5-10(9-11)12-7-8-15(3,13)14/h10,12H,4-9H2,1-3H3. The van der Waals surface area contributed by atoms with E-state index in [1.54, 1.807) is 0 Å². The third kappa shape index (κ3) is 5.52. The molecule has 1 rings (SSSR count). The van der Waals surface area contributed by atoms with Crippen molar-refractivity contribution in [2.24, 2.45) is 5.41 Å². The molecule has 90 valence electrons. The van der Waals surface area contributed by atoms with Gasteiger partial charge in [0.1, 0.15) is 9.84 Å². The first-order valence-corrected chi connectivity index (χ1v) is 7.76. The van der Waals surface area contributed by atoms with Crippen molar-refractivity contribution < 1.29 is 8.42 Å². The van der Waals surface area contributed by atoms with Crippen molar-refractivity contribution in [3.05, 3.63) is 0 Å². The zero-order valence-electron chi connectivity index (χ0n) is 10.0. The van der Waals surface area contributed by atoms with Crippen LogP contribution in [0.5, 0.6) is 0 Å². The zero-order chi connectivity index (χ0) is 11.5. The van der Waals surface area contributed by atoms with Gasteiger partial charge in [-0.05, 0) is 24.7 Å². The minimum absolute atomic E-state index is 0.254. The molecule has 0 aliphatic heterocycles. The lowest BCUT2D eigenvalue weighted by atomic mass is 9.75. The van der Waals surface area contributed by atoms with Crippen molar-refractivity contribution >= 4 is 9.84 Å². The van der Waals surface area contributed by atoms with Gasteiger partial charge in [-0.15, -0.1) is 0 Å². The highest BCUT2D eigenvalue weighted by atomic mass is 32.2. The molecule has 0 bridgehead atoms. The first-order chi connectivity index (χ1) is 6.79. The van der Waals surface area contributed by atoms with E-state index in [1.165, 1.54) is 25.5 Å². The van der Waals surface area contributed by atoms with Crippen molar-refractivity contribution in [1.82, 2.24) is 5.32 Å². The highest BCUT2D eigenvalue weighted by molar-refractivity contribution is 7.90. The summed E-state index contributed by atoms with van der Waals surface area (Å²) in [4.78, 5) is 0. The Morgan fingerprint density at radius 1 is 1.40 bits per heavy atom. The van der Waals surface area contributed by atoms with E-state index in [0.29, 0.717) is 18.0 Å². The molecule has 0 spiro atoms. The van der Waals surface area contributed by atoms with Crippen molar-refractivity contribution in [3.63, 3.8) is 0 Å². The maximum absolute atomic E-state index is 11.0. The topological polar surface area (TPSA) is 46.2 Å². The van der Waals surface area contributed by atoms with E-state index >= 15 is 0 Å². The minimum atomic E-state index is -2.82. The molecule has 0 saturated heterocycles. The normalized spacial score (nSPS) is 26.5. The van der Waals surface area contributed by atoms with Gasteiger partial charge in [0.15, 0.2) is 0 Å². The molecule has 0 aromatic heterocycles. The van der Waals surface area contributed by atoms with E-state index in [-0.39, 0.29) is 5.75 Å². The quantitative estimate of drug-likeness (QED) is 0.802. The van der Waals surface area contributed by atoms with Gasteiger partial charge in [-0.25, -0.2) is 8.42 Å². The molecule has 0 radical (unpaired) electrons. The summed E-state index contributed by atoms with van der Waals surface area (Å²) in [6.45, 7) is 5.17. The highest BCUT2D eigenvalue weighted by Gasteiger charge is 2.27. The molecule has 3 nitrogen and oxygen atoms in total. The van der Waals surface area contributed by atoms with E-state index in [1.807, 2.05) is 0 Å². The second kappa shape index (κ2) is 4.83. The molecule has 0 aromatic carbocycles. The van der Waals surface area contributed by atoms with Crippen LogP contribution in [0.15, 0.2) is 0 Å². The van der Waals surface area contributed by atoms with Gasteiger partial charge in [0, 0.05) is 18.8 Å². The van der Waals surface area contributed by atoms with Gasteiger partial charge in [0.25, 0.3) is 0 Å². The summed E-state index contributed by atoms with van der Waals surface area (Å²) in [7, 11) is -2.82. The summed E-state index contributed by atoms with van der Waals surface area (Å²) in [5.74, 6) is 0.254. The maximum Gasteiger partial charge on any atom is 0.148 e. The van der Waals surface area contributed by atoms with E-state index in [9.17, 15) is 8.42 Å². The molecule has 0 heterocycles. The Bertz CT molecular complexity index is 296. The Balaban J connectivity index is 2.28. The van der Waals surface area contributed by atoms with Crippen LogP contribution in [0.2, 0.25) is 0 Å². The van der Waals surface area contributed by atoms with E-state index < -0.39 is 9.84 Å². The van der Waals surface area contributed by atoms with Crippen LogP contribution in [0.25, 0.3) is 0 Å². The molecular formula is C11H23NO2S. The van der Waals surface area contributed by atoms with Gasteiger partial charge >= 0.3 is 0 Å². The molecule has 1 saturated carbocycles. The first-order valence-electron chi connectivity index (χ1n) is 5.70. The number of sulfone groups is 1. The largest absolute Gasteiger partial charge is 0.313 e. The van der Waals surface area contributed by atoms with E-state index in [2.05, 4.69) is 19.2 Å². The van der Waals surface area contributed by atoms with Crippen LogP contribution in [0.4, 0.5) is 0 Å². The molecule has 1 unspecified atom stereocenters. The van der Waals surface area contributed by atoms with Crippen LogP contribution >= 0.6 is 0 Å². The smallest absolute Gasteiger partial charge is 0.148 e. The zero-order valence-corrected chi connectivity index (χ0v) is 10.9. The molecule has 1 N–H and O–H groups in total. The lowest BCUT2D eigenvalue weighted by Crippen LogP contribution is -2.39. The van der Waals surface area contributed by atoms with Crippen LogP contribution in [-0.2, 0) is 9.84 Å². The monoisotopic (exact) mass is 233 g/mol. The second-order valence-electron chi connectivity index (χ2n) is 5.54. The number of rotatable bonds is 4. The Kier molecular flexibility index (Phi) is 4.18. The molecule has 1 fully saturated rings. The number of hydrogen-bond acceptors (Lipinski definition) is 3. The molecule has 1 aliphatic rings. The summed E-state index contributed by atoms with van der Waals surface area (Å²) in [5.41, 5.74) is 0.418. The molecule has 0 amide bonds. The summed E-state index contributed by atoms with van der Waals surface area (Å²) in [5, 5.41) is 3.35. The van der Waals surface area contributed by atoms with Crippen molar-refractivity contribution in [2.45, 2.75) is 45.6 Å².